The summed E-state index contributed by atoms with van der Waals surface area (Å²) < 4.78 is 39.9. The molecule has 122 valence electrons. The number of nitrogens with zero attached hydrogens (tertiary/aromatic N) is 1. The number of hydrogen-bond acceptors (Lipinski definition) is 3. The molecule has 0 atom stereocenters. The van der Waals surface area contributed by atoms with Gasteiger partial charge in [-0.3, -0.25) is 4.79 Å². The number of carbonyl (C=O) groups is 1. The monoisotopic (exact) mass is 328 g/mol. The lowest BCUT2D eigenvalue weighted by atomic mass is 10.0. The summed E-state index contributed by atoms with van der Waals surface area (Å²) in [6.07, 6.45) is 1.16. The number of sulfonamides is 1. The molecule has 22 heavy (non-hydrogen) atoms. The summed E-state index contributed by atoms with van der Waals surface area (Å²) in [5.41, 5.74) is 0. The maximum Gasteiger partial charge on any atom is 0.240 e. The number of nitrogens with one attached hydrogen (secondary N) is 1. The van der Waals surface area contributed by atoms with Gasteiger partial charge in [-0.2, -0.15) is 0 Å². The molecule has 1 fully saturated rings. The summed E-state index contributed by atoms with van der Waals surface area (Å²) in [7, 11) is -3.65. The lowest BCUT2D eigenvalue weighted by Crippen LogP contribution is -2.47. The first-order valence-corrected chi connectivity index (χ1v) is 8.84. The molecule has 0 bridgehead atoms. The molecule has 1 aliphatic heterocycles. The van der Waals surface area contributed by atoms with E-state index in [0.29, 0.717) is 25.9 Å². The molecule has 5 nitrogen and oxygen atoms in total. The van der Waals surface area contributed by atoms with E-state index in [2.05, 4.69) is 4.72 Å². The van der Waals surface area contributed by atoms with Crippen molar-refractivity contribution in [1.82, 2.24) is 9.62 Å². The molecular formula is C15H21FN2O3S. The van der Waals surface area contributed by atoms with E-state index in [0.717, 1.165) is 12.1 Å². The number of rotatable bonds is 4. The zero-order valence-electron chi connectivity index (χ0n) is 12.8. The smallest absolute Gasteiger partial charge is 0.240 e. The van der Waals surface area contributed by atoms with E-state index in [1.165, 1.54) is 12.1 Å². The molecule has 0 unspecified atom stereocenters. The van der Waals surface area contributed by atoms with Crippen molar-refractivity contribution in [2.45, 2.75) is 37.6 Å². The highest BCUT2D eigenvalue weighted by Gasteiger charge is 2.27. The lowest BCUT2D eigenvalue weighted by Gasteiger charge is -2.33. The first-order chi connectivity index (χ1) is 10.3. The average Bonchev–Trinajstić information content (AvgIpc) is 2.47. The highest BCUT2D eigenvalue weighted by atomic mass is 32.2. The van der Waals surface area contributed by atoms with Crippen LogP contribution in [0.4, 0.5) is 4.39 Å². The first kappa shape index (κ1) is 16.9. The van der Waals surface area contributed by atoms with Crippen molar-refractivity contribution in [2.24, 2.45) is 5.92 Å². The van der Waals surface area contributed by atoms with Crippen LogP contribution in [-0.2, 0) is 14.8 Å². The second-order valence-corrected chi connectivity index (χ2v) is 7.54. The van der Waals surface area contributed by atoms with Gasteiger partial charge in [-0.25, -0.2) is 17.5 Å². The Balaban J connectivity index is 1.95. The Kier molecular flexibility index (Phi) is 5.18. The van der Waals surface area contributed by atoms with Crippen LogP contribution in [0.15, 0.2) is 29.2 Å². The molecule has 1 saturated heterocycles. The molecular weight excluding hydrogens is 307 g/mol. The summed E-state index contributed by atoms with van der Waals surface area (Å²) in [5, 5.41) is 0. The molecule has 1 N–H and O–H groups in total. The molecule has 1 aliphatic rings. The molecule has 0 saturated carbocycles. The van der Waals surface area contributed by atoms with E-state index in [1.54, 1.807) is 4.90 Å². The molecule has 7 heteroatoms. The second kappa shape index (κ2) is 6.75. The Morgan fingerprint density at radius 2 is 1.77 bits per heavy atom. The van der Waals surface area contributed by atoms with E-state index in [1.807, 2.05) is 13.8 Å². The molecule has 0 aromatic heterocycles. The molecule has 1 aromatic carbocycles. The van der Waals surface area contributed by atoms with Gasteiger partial charge < -0.3 is 4.90 Å². The van der Waals surface area contributed by atoms with Crippen LogP contribution in [0.25, 0.3) is 0 Å². The van der Waals surface area contributed by atoms with Gasteiger partial charge in [0.15, 0.2) is 0 Å². The highest BCUT2D eigenvalue weighted by molar-refractivity contribution is 7.89. The van der Waals surface area contributed by atoms with Gasteiger partial charge in [0.05, 0.1) is 4.90 Å². The van der Waals surface area contributed by atoms with Gasteiger partial charge in [-0.15, -0.1) is 0 Å². The Morgan fingerprint density at radius 3 is 2.27 bits per heavy atom. The fourth-order valence-electron chi connectivity index (χ4n) is 2.48. The van der Waals surface area contributed by atoms with Crippen molar-refractivity contribution in [3.05, 3.63) is 30.1 Å². The predicted molar refractivity (Wildman–Crippen MR) is 81.2 cm³/mol. The largest absolute Gasteiger partial charge is 0.342 e. The van der Waals surface area contributed by atoms with Crippen molar-refractivity contribution in [3.63, 3.8) is 0 Å². The highest BCUT2D eigenvalue weighted by Crippen LogP contribution is 2.17. The van der Waals surface area contributed by atoms with E-state index < -0.39 is 15.8 Å². The number of amides is 1. The number of halogens is 1. The maximum atomic E-state index is 12.9. The number of hydrogen-bond donors (Lipinski definition) is 1. The predicted octanol–water partition coefficient (Wildman–Crippen LogP) is 1.75. The van der Waals surface area contributed by atoms with Crippen molar-refractivity contribution in [3.8, 4) is 0 Å². The van der Waals surface area contributed by atoms with E-state index in [4.69, 9.17) is 0 Å². The van der Waals surface area contributed by atoms with Crippen LogP contribution >= 0.6 is 0 Å². The molecule has 0 radical (unpaired) electrons. The fourth-order valence-corrected chi connectivity index (χ4v) is 3.79. The Labute approximate surface area is 130 Å². The van der Waals surface area contributed by atoms with Gasteiger partial charge >= 0.3 is 0 Å². The molecule has 1 amide bonds. The Morgan fingerprint density at radius 1 is 1.23 bits per heavy atom. The third-order valence-corrected chi connectivity index (χ3v) is 5.28. The van der Waals surface area contributed by atoms with Crippen LogP contribution in [0.5, 0.6) is 0 Å². The number of benzene rings is 1. The third-order valence-electron chi connectivity index (χ3n) is 3.75. The standard InChI is InChI=1S/C15H21FN2O3S/c1-11(2)15(19)18-9-7-13(8-10-18)17-22(20,21)14-5-3-12(16)4-6-14/h3-6,11,13,17H,7-10H2,1-2H3. The Hall–Kier alpha value is -1.47. The minimum atomic E-state index is -3.65. The molecule has 0 spiro atoms. The zero-order valence-corrected chi connectivity index (χ0v) is 13.6. The average molecular weight is 328 g/mol. The second-order valence-electron chi connectivity index (χ2n) is 5.83. The van der Waals surface area contributed by atoms with Gasteiger partial charge in [0.25, 0.3) is 0 Å². The topological polar surface area (TPSA) is 66.5 Å². The molecule has 0 aliphatic carbocycles. The summed E-state index contributed by atoms with van der Waals surface area (Å²) in [6.45, 7) is 4.80. The summed E-state index contributed by atoms with van der Waals surface area (Å²) in [4.78, 5) is 13.7. The quantitative estimate of drug-likeness (QED) is 0.916. The van der Waals surface area contributed by atoms with E-state index >= 15 is 0 Å². The van der Waals surface area contributed by atoms with Crippen molar-refractivity contribution in [2.75, 3.05) is 13.1 Å². The summed E-state index contributed by atoms with van der Waals surface area (Å²) in [6, 6.07) is 4.53. The van der Waals surface area contributed by atoms with Crippen LogP contribution in [-0.4, -0.2) is 38.4 Å². The van der Waals surface area contributed by atoms with Gasteiger partial charge in [0, 0.05) is 25.0 Å². The normalized spacial score (nSPS) is 17.0. The SMILES string of the molecule is CC(C)C(=O)N1CCC(NS(=O)(=O)c2ccc(F)cc2)CC1. The van der Waals surface area contributed by atoms with Gasteiger partial charge in [0.2, 0.25) is 15.9 Å². The maximum absolute atomic E-state index is 12.9. The number of piperidine rings is 1. The van der Waals surface area contributed by atoms with Gasteiger partial charge in [0.1, 0.15) is 5.82 Å². The van der Waals surface area contributed by atoms with Crippen LogP contribution in [0.2, 0.25) is 0 Å². The van der Waals surface area contributed by atoms with Crippen LogP contribution in [0.3, 0.4) is 0 Å². The Bertz CT molecular complexity index is 621. The van der Waals surface area contributed by atoms with E-state index in [9.17, 15) is 17.6 Å². The molecule has 2 rings (SSSR count). The van der Waals surface area contributed by atoms with Crippen molar-refractivity contribution < 1.29 is 17.6 Å². The van der Waals surface area contributed by atoms with Crippen LogP contribution in [0.1, 0.15) is 26.7 Å². The lowest BCUT2D eigenvalue weighted by molar-refractivity contribution is -0.135. The van der Waals surface area contributed by atoms with Crippen molar-refractivity contribution >= 4 is 15.9 Å². The van der Waals surface area contributed by atoms with Gasteiger partial charge in [-0.1, -0.05) is 13.8 Å². The minimum absolute atomic E-state index is 0.0487. The molecule has 1 aromatic rings. The summed E-state index contributed by atoms with van der Waals surface area (Å²) >= 11 is 0. The van der Waals surface area contributed by atoms with E-state index in [-0.39, 0.29) is 22.8 Å². The first-order valence-electron chi connectivity index (χ1n) is 7.36. The van der Waals surface area contributed by atoms with Crippen LogP contribution < -0.4 is 4.72 Å². The zero-order chi connectivity index (χ0) is 16.3. The van der Waals surface area contributed by atoms with Crippen molar-refractivity contribution in [1.29, 1.82) is 0 Å². The third kappa shape index (κ3) is 4.04. The van der Waals surface area contributed by atoms with Gasteiger partial charge in [-0.05, 0) is 37.1 Å². The minimum Gasteiger partial charge on any atom is -0.342 e. The number of likely N-dealkylation sites (tertiary alicyclic amines) is 1. The van der Waals surface area contributed by atoms with Crippen LogP contribution in [0, 0.1) is 11.7 Å². The fraction of sp³-hybridized carbons (Fsp3) is 0.533. The summed E-state index contributed by atoms with van der Waals surface area (Å²) in [5.74, 6) is -0.424. The molecule has 1 heterocycles. The number of carbonyl (C=O) groups excluding carboxylic acids is 1.